The normalized spacial score (nSPS) is 13.8. The first kappa shape index (κ1) is 12.9. The van der Waals surface area contributed by atoms with Crippen molar-refractivity contribution >= 4 is 17.3 Å². The zero-order valence-corrected chi connectivity index (χ0v) is 10.7. The van der Waals surface area contributed by atoms with Crippen molar-refractivity contribution in [2.45, 2.75) is 26.4 Å². The number of methoxy groups -OCH3 is 1. The summed E-state index contributed by atoms with van der Waals surface area (Å²) >= 11 is 1.63. The third-order valence-electron chi connectivity index (χ3n) is 1.86. The van der Waals surface area contributed by atoms with Gasteiger partial charge >= 0.3 is 0 Å². The number of nitrogens with zero attached hydrogens (tertiary/aromatic N) is 2. The molecule has 0 radical (unpaired) electrons. The van der Waals surface area contributed by atoms with Gasteiger partial charge < -0.3 is 15.8 Å². The van der Waals surface area contributed by atoms with E-state index in [1.165, 1.54) is 4.88 Å². The fourth-order valence-corrected chi connectivity index (χ4v) is 1.93. The Hall–Kier alpha value is -1.14. The molecule has 6 heteroatoms. The van der Waals surface area contributed by atoms with Crippen LogP contribution in [0.25, 0.3) is 0 Å². The number of aryl methyl sites for hydroxylation is 1. The minimum Gasteiger partial charge on any atom is -0.383 e. The lowest BCUT2D eigenvalue weighted by Gasteiger charge is -2.12. The van der Waals surface area contributed by atoms with Crippen molar-refractivity contribution in [2.24, 2.45) is 10.7 Å². The summed E-state index contributed by atoms with van der Waals surface area (Å²) in [6.07, 6.45) is 1.84. The Morgan fingerprint density at radius 3 is 3.06 bits per heavy atom. The van der Waals surface area contributed by atoms with Crippen molar-refractivity contribution in [1.82, 2.24) is 10.3 Å². The summed E-state index contributed by atoms with van der Waals surface area (Å²) in [7, 11) is 1.66. The summed E-state index contributed by atoms with van der Waals surface area (Å²) in [4.78, 5) is 9.60. The average molecular weight is 242 g/mol. The van der Waals surface area contributed by atoms with Crippen molar-refractivity contribution < 1.29 is 4.74 Å². The number of hydrogen-bond donors (Lipinski definition) is 2. The molecular weight excluding hydrogens is 224 g/mol. The van der Waals surface area contributed by atoms with Crippen LogP contribution < -0.4 is 11.1 Å². The van der Waals surface area contributed by atoms with Gasteiger partial charge in [-0.15, -0.1) is 11.3 Å². The van der Waals surface area contributed by atoms with Gasteiger partial charge in [0.2, 0.25) is 0 Å². The summed E-state index contributed by atoms with van der Waals surface area (Å²) < 4.78 is 4.99. The molecule has 3 N–H and O–H groups in total. The molecule has 16 heavy (non-hydrogen) atoms. The predicted octanol–water partition coefficient (Wildman–Crippen LogP) is 0.891. The second-order valence-electron chi connectivity index (χ2n) is 3.57. The first-order valence-electron chi connectivity index (χ1n) is 5.08. The van der Waals surface area contributed by atoms with Crippen molar-refractivity contribution in [3.05, 3.63) is 16.1 Å². The highest BCUT2D eigenvalue weighted by Crippen LogP contribution is 2.11. The van der Waals surface area contributed by atoms with Gasteiger partial charge in [-0.2, -0.15) is 0 Å². The standard InChI is InChI=1S/C10H18N4OS/c1-7(6-15-3)14-10(11)13-5-9-12-4-8(2)16-9/h4,7H,5-6H2,1-3H3,(H3,11,13,14). The first-order valence-corrected chi connectivity index (χ1v) is 5.90. The molecule has 0 aromatic carbocycles. The summed E-state index contributed by atoms with van der Waals surface area (Å²) in [5.74, 6) is 0.428. The Bertz CT molecular complexity index is 350. The van der Waals surface area contributed by atoms with E-state index in [0.29, 0.717) is 19.1 Å². The predicted molar refractivity (Wildman–Crippen MR) is 66.7 cm³/mol. The van der Waals surface area contributed by atoms with Crippen LogP contribution in [0.1, 0.15) is 16.8 Å². The molecule has 5 nitrogen and oxygen atoms in total. The van der Waals surface area contributed by atoms with Gasteiger partial charge in [-0.25, -0.2) is 9.98 Å². The SMILES string of the molecule is COCC(C)NC(N)=NCc1ncc(C)s1. The smallest absolute Gasteiger partial charge is 0.189 e. The molecule has 1 aromatic heterocycles. The second kappa shape index (κ2) is 6.44. The summed E-state index contributed by atoms with van der Waals surface area (Å²) in [5.41, 5.74) is 5.72. The van der Waals surface area contributed by atoms with Crippen molar-refractivity contribution in [3.8, 4) is 0 Å². The number of hydrogen-bond acceptors (Lipinski definition) is 4. The van der Waals surface area contributed by atoms with Crippen LogP contribution in [0.3, 0.4) is 0 Å². The lowest BCUT2D eigenvalue weighted by atomic mass is 10.4. The minimum absolute atomic E-state index is 0.159. The molecule has 0 saturated carbocycles. The van der Waals surface area contributed by atoms with Crippen LogP contribution in [0.15, 0.2) is 11.2 Å². The van der Waals surface area contributed by atoms with Crippen LogP contribution in [0, 0.1) is 6.92 Å². The average Bonchev–Trinajstić information content (AvgIpc) is 2.61. The van der Waals surface area contributed by atoms with Gasteiger partial charge in [0.25, 0.3) is 0 Å². The van der Waals surface area contributed by atoms with E-state index in [4.69, 9.17) is 10.5 Å². The lowest BCUT2D eigenvalue weighted by molar-refractivity contribution is 0.179. The quantitative estimate of drug-likeness (QED) is 0.594. The van der Waals surface area contributed by atoms with E-state index in [1.54, 1.807) is 18.4 Å². The largest absolute Gasteiger partial charge is 0.383 e. The molecule has 1 heterocycles. The van der Waals surface area contributed by atoms with Crippen LogP contribution in [0.5, 0.6) is 0 Å². The van der Waals surface area contributed by atoms with E-state index in [2.05, 4.69) is 15.3 Å². The topological polar surface area (TPSA) is 72.5 Å². The molecular formula is C10H18N4OS. The van der Waals surface area contributed by atoms with Crippen LogP contribution in [-0.4, -0.2) is 30.7 Å². The number of nitrogens with one attached hydrogen (secondary N) is 1. The van der Waals surface area contributed by atoms with Crippen LogP contribution in [0.4, 0.5) is 0 Å². The fourth-order valence-electron chi connectivity index (χ4n) is 1.22. The highest BCUT2D eigenvalue weighted by molar-refractivity contribution is 7.11. The molecule has 90 valence electrons. The first-order chi connectivity index (χ1) is 7.61. The number of ether oxygens (including phenoxy) is 1. The molecule has 1 atom stereocenters. The number of rotatable bonds is 5. The lowest BCUT2D eigenvalue weighted by Crippen LogP contribution is -2.40. The van der Waals surface area contributed by atoms with Crippen LogP contribution in [0.2, 0.25) is 0 Å². The Morgan fingerprint density at radius 1 is 1.75 bits per heavy atom. The molecule has 0 spiro atoms. The van der Waals surface area contributed by atoms with E-state index in [-0.39, 0.29) is 6.04 Å². The zero-order valence-electron chi connectivity index (χ0n) is 9.86. The summed E-state index contributed by atoms with van der Waals surface area (Å²) in [6, 6.07) is 0.159. The molecule has 0 aliphatic rings. The van der Waals surface area contributed by atoms with E-state index in [1.807, 2.05) is 20.0 Å². The van der Waals surface area contributed by atoms with Gasteiger partial charge in [-0.1, -0.05) is 0 Å². The molecule has 0 fully saturated rings. The van der Waals surface area contributed by atoms with Gasteiger partial charge in [0.1, 0.15) is 5.01 Å². The van der Waals surface area contributed by atoms with E-state index in [9.17, 15) is 0 Å². The molecule has 0 saturated heterocycles. The van der Waals surface area contributed by atoms with E-state index >= 15 is 0 Å². The minimum atomic E-state index is 0.159. The highest BCUT2D eigenvalue weighted by Gasteiger charge is 2.02. The van der Waals surface area contributed by atoms with Crippen LogP contribution in [-0.2, 0) is 11.3 Å². The Labute approximate surface area is 99.7 Å². The van der Waals surface area contributed by atoms with Gasteiger partial charge in [0.15, 0.2) is 5.96 Å². The molecule has 1 rings (SSSR count). The van der Waals surface area contributed by atoms with Gasteiger partial charge in [0, 0.05) is 24.2 Å². The van der Waals surface area contributed by atoms with Gasteiger partial charge in [0.05, 0.1) is 13.2 Å². The van der Waals surface area contributed by atoms with E-state index in [0.717, 1.165) is 5.01 Å². The molecule has 0 amide bonds. The van der Waals surface area contributed by atoms with Crippen molar-refractivity contribution in [2.75, 3.05) is 13.7 Å². The maximum atomic E-state index is 5.72. The van der Waals surface area contributed by atoms with Crippen molar-refractivity contribution in [3.63, 3.8) is 0 Å². The third-order valence-corrected chi connectivity index (χ3v) is 2.76. The molecule has 1 aromatic rings. The number of nitrogens with two attached hydrogens (primary N) is 1. The Balaban J connectivity index is 2.39. The maximum Gasteiger partial charge on any atom is 0.189 e. The number of thiazole rings is 1. The third kappa shape index (κ3) is 4.59. The Kier molecular flexibility index (Phi) is 5.21. The summed E-state index contributed by atoms with van der Waals surface area (Å²) in [5, 5.41) is 4.01. The molecule has 0 bridgehead atoms. The zero-order chi connectivity index (χ0) is 12.0. The van der Waals surface area contributed by atoms with Gasteiger partial charge in [-0.3, -0.25) is 0 Å². The molecule has 1 unspecified atom stereocenters. The molecule has 0 aliphatic carbocycles. The van der Waals surface area contributed by atoms with E-state index < -0.39 is 0 Å². The highest BCUT2D eigenvalue weighted by atomic mass is 32.1. The Morgan fingerprint density at radius 2 is 2.50 bits per heavy atom. The second-order valence-corrected chi connectivity index (χ2v) is 4.89. The molecule has 0 aliphatic heterocycles. The summed E-state index contributed by atoms with van der Waals surface area (Å²) in [6.45, 7) is 5.14. The maximum absolute atomic E-state index is 5.72. The number of guanidine groups is 1. The fraction of sp³-hybridized carbons (Fsp3) is 0.600. The van der Waals surface area contributed by atoms with Crippen molar-refractivity contribution in [1.29, 1.82) is 0 Å². The number of aromatic nitrogens is 1. The monoisotopic (exact) mass is 242 g/mol. The van der Waals surface area contributed by atoms with Gasteiger partial charge in [-0.05, 0) is 13.8 Å². The number of aliphatic imine (C=N–C) groups is 1. The van der Waals surface area contributed by atoms with Crippen LogP contribution >= 0.6 is 11.3 Å².